The maximum Gasteiger partial charge on any atom is 0.0575 e. The Morgan fingerprint density at radius 3 is 2.53 bits per heavy atom. The van der Waals surface area contributed by atoms with E-state index in [1.807, 2.05) is 20.0 Å². The minimum atomic E-state index is 0.992. The Hall–Kier alpha value is -0.510. The standard InChI is InChI=1S/C10H11NP2.C2H6/c12-6-7-1-2-8-4-10(13)11-5-9(8)3-7;1-2/h1-5H,6,12-13H2;1-2H3. The van der Waals surface area contributed by atoms with E-state index >= 15 is 0 Å². The minimum Gasteiger partial charge on any atom is -0.256 e. The van der Waals surface area contributed by atoms with Gasteiger partial charge in [0.15, 0.2) is 0 Å². The summed E-state index contributed by atoms with van der Waals surface area (Å²) in [5.41, 5.74) is 2.32. The maximum absolute atomic E-state index is 4.24. The lowest BCUT2D eigenvalue weighted by Crippen LogP contribution is -1.95. The second-order valence-corrected chi connectivity index (χ2v) is 3.99. The van der Waals surface area contributed by atoms with Crippen molar-refractivity contribution in [2.75, 3.05) is 0 Å². The van der Waals surface area contributed by atoms with Crippen LogP contribution in [0.4, 0.5) is 0 Å². The van der Waals surface area contributed by atoms with Gasteiger partial charge in [-0.1, -0.05) is 35.2 Å². The van der Waals surface area contributed by atoms with Crippen molar-refractivity contribution in [1.82, 2.24) is 4.98 Å². The maximum atomic E-state index is 4.24. The number of rotatable bonds is 1. The van der Waals surface area contributed by atoms with E-state index in [0.717, 1.165) is 11.6 Å². The predicted octanol–water partition coefficient (Wildman–Crippen LogP) is 3.14. The number of hydrogen-bond acceptors (Lipinski definition) is 1. The minimum absolute atomic E-state index is 0.992. The highest BCUT2D eigenvalue weighted by Gasteiger charge is 1.95. The van der Waals surface area contributed by atoms with Crippen molar-refractivity contribution in [3.05, 3.63) is 36.0 Å². The topological polar surface area (TPSA) is 12.9 Å². The van der Waals surface area contributed by atoms with Gasteiger partial charge in [0.05, 0.1) is 5.44 Å². The third-order valence-electron chi connectivity index (χ3n) is 2.04. The van der Waals surface area contributed by atoms with E-state index in [9.17, 15) is 0 Å². The summed E-state index contributed by atoms with van der Waals surface area (Å²) in [5.74, 6) is 0. The average Bonchev–Trinajstić information content (AvgIpc) is 2.31. The van der Waals surface area contributed by atoms with E-state index in [0.29, 0.717) is 0 Å². The van der Waals surface area contributed by atoms with E-state index in [2.05, 4.69) is 47.7 Å². The number of nitrogens with zero attached hydrogens (tertiary/aromatic N) is 1. The molecule has 3 heteroatoms. The quantitative estimate of drug-likeness (QED) is 0.694. The molecule has 80 valence electrons. The Morgan fingerprint density at radius 1 is 1.13 bits per heavy atom. The van der Waals surface area contributed by atoms with Crippen LogP contribution < -0.4 is 5.44 Å². The predicted molar refractivity (Wildman–Crippen MR) is 75.8 cm³/mol. The number of hydrogen-bond donors (Lipinski definition) is 0. The van der Waals surface area contributed by atoms with Crippen LogP contribution in [0.15, 0.2) is 30.5 Å². The fraction of sp³-hybridized carbons (Fsp3) is 0.250. The summed E-state index contributed by atoms with van der Waals surface area (Å²) < 4.78 is 0. The van der Waals surface area contributed by atoms with E-state index < -0.39 is 0 Å². The zero-order chi connectivity index (χ0) is 11.3. The van der Waals surface area contributed by atoms with Crippen molar-refractivity contribution < 1.29 is 0 Å². The molecule has 1 aromatic carbocycles. The van der Waals surface area contributed by atoms with Crippen molar-refractivity contribution in [2.24, 2.45) is 0 Å². The van der Waals surface area contributed by atoms with Gasteiger partial charge >= 0.3 is 0 Å². The van der Waals surface area contributed by atoms with Crippen LogP contribution in [0.1, 0.15) is 19.4 Å². The molecule has 0 N–H and O–H groups in total. The first kappa shape index (κ1) is 12.6. The Labute approximate surface area is 96.1 Å². The first-order valence-corrected chi connectivity index (χ1v) is 6.53. The first-order valence-electron chi connectivity index (χ1n) is 5.14. The lowest BCUT2D eigenvalue weighted by molar-refractivity contribution is 1.40. The van der Waals surface area contributed by atoms with Crippen LogP contribution in [0, 0.1) is 0 Å². The molecule has 0 saturated carbocycles. The molecule has 1 aromatic heterocycles. The van der Waals surface area contributed by atoms with Crippen molar-refractivity contribution in [3.8, 4) is 0 Å². The highest BCUT2D eigenvalue weighted by atomic mass is 31.0. The largest absolute Gasteiger partial charge is 0.256 e. The van der Waals surface area contributed by atoms with Gasteiger partial charge in [0.25, 0.3) is 0 Å². The van der Waals surface area contributed by atoms with Gasteiger partial charge in [0.1, 0.15) is 0 Å². The monoisotopic (exact) mass is 237 g/mol. The van der Waals surface area contributed by atoms with Crippen molar-refractivity contribution in [1.29, 1.82) is 0 Å². The molecule has 0 amide bonds. The van der Waals surface area contributed by atoms with Gasteiger partial charge in [-0.3, -0.25) is 4.98 Å². The zero-order valence-electron chi connectivity index (χ0n) is 9.20. The lowest BCUT2D eigenvalue weighted by atomic mass is 10.1. The van der Waals surface area contributed by atoms with Crippen LogP contribution in [0.2, 0.25) is 0 Å². The smallest absolute Gasteiger partial charge is 0.0575 e. The summed E-state index contributed by atoms with van der Waals surface area (Å²) >= 11 is 0. The molecule has 15 heavy (non-hydrogen) atoms. The highest BCUT2D eigenvalue weighted by Crippen LogP contribution is 2.16. The molecule has 0 radical (unpaired) electrons. The number of pyridine rings is 1. The van der Waals surface area contributed by atoms with Gasteiger partial charge in [-0.15, -0.1) is 9.24 Å². The van der Waals surface area contributed by atoms with Crippen LogP contribution in [0.25, 0.3) is 10.8 Å². The van der Waals surface area contributed by atoms with Crippen LogP contribution in [-0.4, -0.2) is 4.98 Å². The lowest BCUT2D eigenvalue weighted by Gasteiger charge is -2.01. The number of fused-ring (bicyclic) bond motifs is 1. The van der Waals surface area contributed by atoms with Gasteiger partial charge < -0.3 is 0 Å². The SMILES string of the molecule is CC.PCc1ccc2cc(P)ncc2c1. The van der Waals surface area contributed by atoms with Crippen molar-refractivity contribution in [2.45, 2.75) is 20.0 Å². The number of benzene rings is 1. The van der Waals surface area contributed by atoms with Crippen molar-refractivity contribution in [3.63, 3.8) is 0 Å². The fourth-order valence-electron chi connectivity index (χ4n) is 1.34. The average molecular weight is 237 g/mol. The third-order valence-corrected chi connectivity index (χ3v) is 2.83. The molecule has 0 fully saturated rings. The molecular weight excluding hydrogens is 220 g/mol. The highest BCUT2D eigenvalue weighted by molar-refractivity contribution is 7.26. The van der Waals surface area contributed by atoms with E-state index in [4.69, 9.17) is 0 Å². The summed E-state index contributed by atoms with van der Waals surface area (Å²) in [6.07, 6.45) is 2.92. The Balaban J connectivity index is 0.000000531. The molecule has 0 aliphatic rings. The Morgan fingerprint density at radius 2 is 1.87 bits per heavy atom. The fourth-order valence-corrected chi connectivity index (χ4v) is 1.84. The first-order chi connectivity index (χ1) is 7.29. The zero-order valence-corrected chi connectivity index (χ0v) is 11.5. The van der Waals surface area contributed by atoms with Gasteiger partial charge in [-0.05, 0) is 29.2 Å². The van der Waals surface area contributed by atoms with Crippen LogP contribution in [-0.2, 0) is 6.16 Å². The van der Waals surface area contributed by atoms with Gasteiger partial charge in [0, 0.05) is 11.6 Å². The van der Waals surface area contributed by atoms with E-state index in [1.165, 1.54) is 16.3 Å². The molecule has 0 saturated heterocycles. The van der Waals surface area contributed by atoms with E-state index in [-0.39, 0.29) is 0 Å². The third kappa shape index (κ3) is 3.23. The molecule has 2 aromatic rings. The van der Waals surface area contributed by atoms with Gasteiger partial charge in [-0.2, -0.15) is 0 Å². The molecule has 0 bridgehead atoms. The van der Waals surface area contributed by atoms with Crippen LogP contribution in [0.3, 0.4) is 0 Å². The second-order valence-electron chi connectivity index (χ2n) is 2.99. The Bertz CT molecular complexity index is 441. The Kier molecular flexibility index (Phi) is 5.15. The van der Waals surface area contributed by atoms with Crippen LogP contribution in [0.5, 0.6) is 0 Å². The van der Waals surface area contributed by atoms with E-state index in [1.54, 1.807) is 0 Å². The molecule has 0 spiro atoms. The number of aromatic nitrogens is 1. The molecule has 0 aliphatic heterocycles. The van der Waals surface area contributed by atoms with Crippen molar-refractivity contribution >= 4 is 34.7 Å². The summed E-state index contributed by atoms with van der Waals surface area (Å²) in [4.78, 5) is 4.24. The molecule has 2 atom stereocenters. The summed E-state index contributed by atoms with van der Waals surface area (Å²) in [5, 5.41) is 2.47. The van der Waals surface area contributed by atoms with Gasteiger partial charge in [-0.25, -0.2) is 0 Å². The molecule has 1 nitrogen and oxygen atoms in total. The van der Waals surface area contributed by atoms with Crippen LogP contribution >= 0.6 is 18.5 Å². The molecule has 2 rings (SSSR count). The normalized spacial score (nSPS) is 9.60. The summed E-state index contributed by atoms with van der Waals surface area (Å²) in [6, 6.07) is 8.55. The second kappa shape index (κ2) is 6.16. The van der Waals surface area contributed by atoms with Gasteiger partial charge in [0.2, 0.25) is 0 Å². The molecule has 0 aliphatic carbocycles. The summed E-state index contributed by atoms with van der Waals surface area (Å²) in [6.45, 7) is 4.00. The molecular formula is C12H17NP2. The molecule has 1 heterocycles. The summed E-state index contributed by atoms with van der Waals surface area (Å²) in [7, 11) is 5.34. The molecule has 2 unspecified atom stereocenters.